The largest absolute Gasteiger partial charge is 2.00 e. The van der Waals surface area contributed by atoms with Gasteiger partial charge in [-0.25, -0.2) is 4.79 Å². The second-order valence-electron chi connectivity index (χ2n) is 1.73. The molecule has 0 aromatic carbocycles. The van der Waals surface area contributed by atoms with Crippen LogP contribution in [0.25, 0.3) is 0 Å². The summed E-state index contributed by atoms with van der Waals surface area (Å²) < 4.78 is 0. The van der Waals surface area contributed by atoms with Crippen molar-refractivity contribution in [3.05, 3.63) is 0 Å². The summed E-state index contributed by atoms with van der Waals surface area (Å²) in [6.07, 6.45) is -0.0277. The van der Waals surface area contributed by atoms with Crippen molar-refractivity contribution in [3.63, 3.8) is 0 Å². The normalized spacial score (nSPS) is 8.64. The van der Waals surface area contributed by atoms with E-state index in [-0.39, 0.29) is 67.7 Å². The molecule has 0 aromatic rings. The maximum atomic E-state index is 10.6. The van der Waals surface area contributed by atoms with Crippen molar-refractivity contribution in [1.29, 1.82) is 0 Å². The van der Waals surface area contributed by atoms with Crippen LogP contribution < -0.4 is 30.1 Å². The number of oxime groups is 1. The number of halogens is 3. The Morgan fingerprint density at radius 2 is 1.93 bits per heavy atom. The number of nitrogens with zero attached hydrogens (tertiary/aromatic N) is 1. The number of carbonyl (C=O) groups is 1. The summed E-state index contributed by atoms with van der Waals surface area (Å²) in [6, 6.07) is 0. The Labute approximate surface area is 131 Å². The molecule has 0 heterocycles. The first-order valence-electron chi connectivity index (χ1n) is 3.37. The Bertz CT molecular complexity index is 169. The van der Waals surface area contributed by atoms with Crippen molar-refractivity contribution < 1.29 is 34.4 Å². The standard InChI is InChI=1S/C6H11ClN2O2.Ca.2ClH/c1-3-5(7)9-11-6(10)8-4-2;;;/h3-4H2,1-2H3,(H,8,10);;2*1H/q;+2;;/p-2/b9-5+;;;. The molecule has 0 unspecified atom stereocenters. The predicted octanol–water partition coefficient (Wildman–Crippen LogP) is -4.68. The minimum atomic E-state index is -0.584. The molecule has 0 bridgehead atoms. The molecule has 14 heavy (non-hydrogen) atoms. The van der Waals surface area contributed by atoms with Gasteiger partial charge in [0.1, 0.15) is 5.17 Å². The second kappa shape index (κ2) is 16.5. The number of nitrogens with one attached hydrogen (secondary N) is 1. The van der Waals surface area contributed by atoms with Crippen LogP contribution in [-0.4, -0.2) is 55.5 Å². The summed E-state index contributed by atoms with van der Waals surface area (Å²) in [6.45, 7) is 4.11. The van der Waals surface area contributed by atoms with Crippen molar-refractivity contribution in [3.8, 4) is 0 Å². The first-order valence-corrected chi connectivity index (χ1v) is 3.75. The van der Waals surface area contributed by atoms with Crippen molar-refractivity contribution in [1.82, 2.24) is 5.32 Å². The molecule has 0 spiro atoms. The molecule has 0 aromatic heterocycles. The van der Waals surface area contributed by atoms with E-state index in [1.54, 1.807) is 6.92 Å². The maximum absolute atomic E-state index is 10.6. The van der Waals surface area contributed by atoms with Gasteiger partial charge in [-0.1, -0.05) is 23.7 Å². The topological polar surface area (TPSA) is 50.7 Å². The van der Waals surface area contributed by atoms with Gasteiger partial charge in [0.15, 0.2) is 0 Å². The fourth-order valence-electron chi connectivity index (χ4n) is 0.332. The molecule has 0 aliphatic heterocycles. The SMILES string of the molecule is CCNC(=O)O/N=C(/Cl)CC.[Ca+2].[Cl-].[Cl-]. The van der Waals surface area contributed by atoms with Gasteiger partial charge in [-0.2, -0.15) is 0 Å². The molecule has 0 rings (SSSR count). The van der Waals surface area contributed by atoms with Crippen LogP contribution in [0, 0.1) is 0 Å². The second-order valence-corrected chi connectivity index (χ2v) is 2.17. The van der Waals surface area contributed by atoms with Gasteiger partial charge < -0.3 is 30.1 Å². The number of rotatable bonds is 3. The van der Waals surface area contributed by atoms with Gasteiger partial charge in [-0.3, -0.25) is 4.84 Å². The number of amides is 1. The fraction of sp³-hybridized carbons (Fsp3) is 0.667. The van der Waals surface area contributed by atoms with Crippen LogP contribution in [-0.2, 0) is 4.84 Å². The van der Waals surface area contributed by atoms with E-state index in [1.807, 2.05) is 6.92 Å². The van der Waals surface area contributed by atoms with Gasteiger partial charge in [0, 0.05) is 13.0 Å². The van der Waals surface area contributed by atoms with Crippen molar-refractivity contribution >= 4 is 60.6 Å². The molecule has 1 amide bonds. The van der Waals surface area contributed by atoms with E-state index in [0.29, 0.717) is 13.0 Å². The van der Waals surface area contributed by atoms with E-state index in [4.69, 9.17) is 11.6 Å². The van der Waals surface area contributed by atoms with Crippen LogP contribution in [0.1, 0.15) is 20.3 Å². The fourth-order valence-corrected chi connectivity index (χ4v) is 0.367. The van der Waals surface area contributed by atoms with Crippen LogP contribution in [0.15, 0.2) is 5.16 Å². The Morgan fingerprint density at radius 3 is 2.29 bits per heavy atom. The summed E-state index contributed by atoms with van der Waals surface area (Å²) in [5.41, 5.74) is 0. The quantitative estimate of drug-likeness (QED) is 0.246. The molecule has 0 saturated heterocycles. The first-order chi connectivity index (χ1) is 5.20. The minimum absolute atomic E-state index is 0. The summed E-state index contributed by atoms with van der Waals surface area (Å²) in [4.78, 5) is 14.9. The molecule has 0 radical (unpaired) electrons. The van der Waals surface area contributed by atoms with E-state index in [1.165, 1.54) is 0 Å². The molecule has 0 fully saturated rings. The van der Waals surface area contributed by atoms with Gasteiger partial charge in [0.25, 0.3) is 0 Å². The van der Waals surface area contributed by atoms with E-state index in [9.17, 15) is 4.79 Å². The number of hydrogen-bond donors (Lipinski definition) is 1. The Balaban J connectivity index is -0.000000167. The average Bonchev–Trinajstić information content (AvgIpc) is 2.01. The predicted molar refractivity (Wildman–Crippen MR) is 49.5 cm³/mol. The van der Waals surface area contributed by atoms with Crippen LogP contribution in [0.3, 0.4) is 0 Å². The first kappa shape index (κ1) is 24.3. The van der Waals surface area contributed by atoms with Crippen molar-refractivity contribution in [2.75, 3.05) is 6.54 Å². The molecule has 1 N–H and O–H groups in total. The Hall–Kier alpha value is 1.07. The van der Waals surface area contributed by atoms with Gasteiger partial charge in [-0.05, 0) is 6.92 Å². The molecular formula is C6H11CaCl3N2O2. The smallest absolute Gasteiger partial charge is 1.00 e. The molecular weight excluding hydrogens is 279 g/mol. The monoisotopic (exact) mass is 288 g/mol. The van der Waals surface area contributed by atoms with Crippen molar-refractivity contribution in [2.45, 2.75) is 20.3 Å². The molecule has 0 atom stereocenters. The zero-order valence-electron chi connectivity index (χ0n) is 8.02. The summed E-state index contributed by atoms with van der Waals surface area (Å²) in [5, 5.41) is 6.00. The van der Waals surface area contributed by atoms with Crippen LogP contribution in [0.4, 0.5) is 4.79 Å². The van der Waals surface area contributed by atoms with E-state index in [0.717, 1.165) is 0 Å². The van der Waals surface area contributed by atoms with Crippen LogP contribution in [0.2, 0.25) is 0 Å². The summed E-state index contributed by atoms with van der Waals surface area (Å²) >= 11 is 5.45. The molecule has 80 valence electrons. The summed E-state index contributed by atoms with van der Waals surface area (Å²) in [7, 11) is 0. The molecule has 0 aliphatic carbocycles. The number of hydrogen-bond acceptors (Lipinski definition) is 3. The zero-order valence-corrected chi connectivity index (χ0v) is 12.5. The van der Waals surface area contributed by atoms with E-state index >= 15 is 0 Å². The Kier molecular flexibility index (Phi) is 28.7. The summed E-state index contributed by atoms with van der Waals surface area (Å²) in [5.74, 6) is 0. The minimum Gasteiger partial charge on any atom is -1.00 e. The van der Waals surface area contributed by atoms with Crippen LogP contribution >= 0.6 is 11.6 Å². The van der Waals surface area contributed by atoms with E-state index in [2.05, 4.69) is 15.3 Å². The van der Waals surface area contributed by atoms with E-state index < -0.39 is 6.09 Å². The third-order valence-electron chi connectivity index (χ3n) is 0.840. The number of carbonyl (C=O) groups excluding carboxylic acids is 1. The molecule has 8 heteroatoms. The third-order valence-corrected chi connectivity index (χ3v) is 1.18. The van der Waals surface area contributed by atoms with Gasteiger partial charge in [-0.15, -0.1) is 0 Å². The molecule has 4 nitrogen and oxygen atoms in total. The Morgan fingerprint density at radius 1 is 1.43 bits per heavy atom. The van der Waals surface area contributed by atoms with Crippen LogP contribution in [0.5, 0.6) is 0 Å². The molecule has 0 saturated carbocycles. The maximum Gasteiger partial charge on any atom is 2.00 e. The average molecular weight is 290 g/mol. The van der Waals surface area contributed by atoms with Gasteiger partial charge in [0.2, 0.25) is 0 Å². The van der Waals surface area contributed by atoms with Gasteiger partial charge in [0.05, 0.1) is 0 Å². The van der Waals surface area contributed by atoms with Gasteiger partial charge >= 0.3 is 43.8 Å². The third kappa shape index (κ3) is 15.5. The zero-order chi connectivity index (χ0) is 8.69. The van der Waals surface area contributed by atoms with Crippen molar-refractivity contribution in [2.24, 2.45) is 5.16 Å². The molecule has 0 aliphatic rings.